The maximum absolute atomic E-state index is 12.3. The zero-order valence-corrected chi connectivity index (χ0v) is 43.5. The molecule has 22 nitrogen and oxygen atoms in total. The number of hydrogen-bond donors (Lipinski definition) is 14. The van der Waals surface area contributed by atoms with Crippen LogP contribution in [0.2, 0.25) is 0 Å². The lowest BCUT2D eigenvalue weighted by Crippen LogP contribution is -2.68. The summed E-state index contributed by atoms with van der Waals surface area (Å²) in [6, 6.07) is 0. The fourth-order valence-corrected chi connectivity index (χ4v) is 16.1. The maximum atomic E-state index is 12.3. The van der Waals surface area contributed by atoms with Crippen molar-refractivity contribution in [1.29, 1.82) is 0 Å². The van der Waals surface area contributed by atoms with Gasteiger partial charge < -0.3 is 109 Å². The van der Waals surface area contributed by atoms with Gasteiger partial charge in [0.2, 0.25) is 0 Å². The molecule has 22 heteroatoms. The SMILES string of the molecule is CC1(C)CCC2(CO)C(O)CC3(C)C(=CCC4C5(C)CCC(OC6OCC(OC7OC(CO)C(O)C(O)C7OC7OCC(O)C(O)C7O)C(O)C6OC6OC(CO)C(O)C(O)C6O)C(C)(CO)C5CCC43C)C2C1. The summed E-state index contributed by atoms with van der Waals surface area (Å²) in [5.41, 5.74) is -0.985. The molecule has 0 aromatic rings. The Labute approximate surface area is 432 Å². The largest absolute Gasteiger partial charge is 0.396 e. The van der Waals surface area contributed by atoms with Gasteiger partial charge in [-0.3, -0.25) is 0 Å². The van der Waals surface area contributed by atoms with E-state index in [0.29, 0.717) is 19.3 Å². The number of aliphatic hydroxyl groups is 14. The molecule has 0 aromatic heterocycles. The van der Waals surface area contributed by atoms with E-state index in [1.807, 2.05) is 6.92 Å². The van der Waals surface area contributed by atoms with Gasteiger partial charge in [0, 0.05) is 10.8 Å². The van der Waals surface area contributed by atoms with Crippen molar-refractivity contribution in [2.75, 3.05) is 39.6 Å². The Kier molecular flexibility index (Phi) is 16.4. The Bertz CT molecular complexity index is 1980. The van der Waals surface area contributed by atoms with Gasteiger partial charge in [-0.1, -0.05) is 53.2 Å². The summed E-state index contributed by atoms with van der Waals surface area (Å²) in [5, 5.41) is 153. The second-order valence-corrected chi connectivity index (χ2v) is 25.4. The van der Waals surface area contributed by atoms with Crippen LogP contribution in [0.1, 0.15) is 99.3 Å². The summed E-state index contributed by atoms with van der Waals surface area (Å²) in [6.45, 7) is 10.7. The van der Waals surface area contributed by atoms with E-state index in [4.69, 9.17) is 37.9 Å². The van der Waals surface area contributed by atoms with E-state index < -0.39 is 160 Å². The molecule has 0 amide bonds. The highest BCUT2D eigenvalue weighted by Crippen LogP contribution is 2.76. The fraction of sp³-hybridized carbons (Fsp3) is 0.962. The van der Waals surface area contributed by atoms with Gasteiger partial charge in [-0.15, -0.1) is 0 Å². The number of ether oxygens (including phenoxy) is 8. The van der Waals surface area contributed by atoms with Crippen LogP contribution in [0, 0.1) is 50.2 Å². The Hall–Kier alpha value is -1.14. The summed E-state index contributed by atoms with van der Waals surface area (Å²) in [5.74, 6) is 0.102. The molecule has 0 bridgehead atoms. The molecule has 74 heavy (non-hydrogen) atoms. The van der Waals surface area contributed by atoms with Gasteiger partial charge in [0.05, 0.1) is 51.8 Å². The van der Waals surface area contributed by atoms with Crippen LogP contribution in [0.15, 0.2) is 11.6 Å². The predicted octanol–water partition coefficient (Wildman–Crippen LogP) is -2.34. The third-order valence-electron chi connectivity index (χ3n) is 21.0. The molecular weight excluding hydrogens is 977 g/mol. The van der Waals surface area contributed by atoms with Crippen LogP contribution in [-0.4, -0.2) is 234 Å². The van der Waals surface area contributed by atoms with Crippen molar-refractivity contribution in [1.82, 2.24) is 0 Å². The number of allylic oxidation sites excluding steroid dienone is 2. The van der Waals surface area contributed by atoms with E-state index in [1.54, 1.807) is 0 Å². The van der Waals surface area contributed by atoms with Crippen LogP contribution in [0.3, 0.4) is 0 Å². The third-order valence-corrected chi connectivity index (χ3v) is 21.0. The molecule has 0 spiro atoms. The Balaban J connectivity index is 0.984. The smallest absolute Gasteiger partial charge is 0.187 e. The first-order valence-electron chi connectivity index (χ1n) is 26.9. The molecule has 4 saturated heterocycles. The van der Waals surface area contributed by atoms with Crippen LogP contribution < -0.4 is 0 Å². The molecule has 28 unspecified atom stereocenters. The Morgan fingerprint density at radius 3 is 1.84 bits per heavy atom. The Morgan fingerprint density at radius 1 is 0.554 bits per heavy atom. The minimum absolute atomic E-state index is 0.0482. The average Bonchev–Trinajstić information content (AvgIpc) is 3.36. The highest BCUT2D eigenvalue weighted by molar-refractivity contribution is 5.35. The molecular formula is C52H86O22. The van der Waals surface area contributed by atoms with E-state index in [9.17, 15) is 71.5 Å². The first-order valence-corrected chi connectivity index (χ1v) is 26.9. The van der Waals surface area contributed by atoms with Crippen molar-refractivity contribution in [3.8, 4) is 0 Å². The van der Waals surface area contributed by atoms with Crippen molar-refractivity contribution in [3.05, 3.63) is 11.6 Å². The lowest BCUT2D eigenvalue weighted by molar-refractivity contribution is -0.392. The summed E-state index contributed by atoms with van der Waals surface area (Å²) in [7, 11) is 0. The molecule has 0 radical (unpaired) electrons. The van der Waals surface area contributed by atoms with Gasteiger partial charge >= 0.3 is 0 Å². The first-order chi connectivity index (χ1) is 34.8. The minimum atomic E-state index is -1.92. The zero-order valence-electron chi connectivity index (χ0n) is 43.5. The van der Waals surface area contributed by atoms with E-state index in [1.165, 1.54) is 5.57 Å². The molecule has 9 aliphatic rings. The minimum Gasteiger partial charge on any atom is -0.396 e. The van der Waals surface area contributed by atoms with Crippen molar-refractivity contribution in [2.45, 2.75) is 222 Å². The highest BCUT2D eigenvalue weighted by Gasteiger charge is 2.71. The molecule has 4 saturated carbocycles. The molecule has 426 valence electrons. The highest BCUT2D eigenvalue weighted by atomic mass is 16.8. The fourth-order valence-electron chi connectivity index (χ4n) is 16.1. The van der Waals surface area contributed by atoms with Gasteiger partial charge in [-0.25, -0.2) is 0 Å². The van der Waals surface area contributed by atoms with Crippen molar-refractivity contribution < 1.29 is 109 Å². The number of fused-ring (bicyclic) bond motifs is 7. The monoisotopic (exact) mass is 1060 g/mol. The second kappa shape index (κ2) is 21.1. The molecule has 8 fully saturated rings. The van der Waals surface area contributed by atoms with Gasteiger partial charge in [-0.05, 0) is 97.2 Å². The number of hydrogen-bond acceptors (Lipinski definition) is 22. The molecule has 4 heterocycles. The van der Waals surface area contributed by atoms with Crippen LogP contribution in [0.5, 0.6) is 0 Å². The molecule has 14 N–H and O–H groups in total. The number of rotatable bonds is 12. The van der Waals surface area contributed by atoms with E-state index in [2.05, 4.69) is 40.7 Å². The van der Waals surface area contributed by atoms with Crippen LogP contribution in [-0.2, 0) is 37.9 Å². The number of aliphatic hydroxyl groups excluding tert-OH is 14. The average molecular weight is 1060 g/mol. The molecule has 28 atom stereocenters. The summed E-state index contributed by atoms with van der Waals surface area (Å²) in [6.07, 6.45) is -22.9. The maximum Gasteiger partial charge on any atom is 0.187 e. The van der Waals surface area contributed by atoms with Crippen LogP contribution >= 0.6 is 0 Å². The standard InChI is InChI=1S/C52H86O22/c1-47(2)13-14-52(22-56)24(15-47)23-7-8-30-48(3)11-10-32(49(4,21-55)29(48)9-12-50(30,5)51(23,6)16-31(52)58)72-45-41(74-44-40(66)37(63)34(60)26(17-53)69-44)36(62)28(20-68-45)71-46-42(38(64)35(61)27(18-54)70-46)73-43-39(65)33(59)25(57)19-67-43/h7,24-46,53-66H,8-22H2,1-6H3. The lowest BCUT2D eigenvalue weighted by Gasteiger charge is -2.72. The van der Waals surface area contributed by atoms with Gasteiger partial charge in [0.25, 0.3) is 0 Å². The van der Waals surface area contributed by atoms with Crippen LogP contribution in [0.4, 0.5) is 0 Å². The first kappa shape index (κ1) is 57.5. The van der Waals surface area contributed by atoms with E-state index in [0.717, 1.165) is 38.5 Å². The van der Waals surface area contributed by atoms with E-state index in [-0.39, 0.29) is 52.6 Å². The molecule has 0 aromatic carbocycles. The molecule has 4 aliphatic heterocycles. The normalized spacial score (nSPS) is 55.5. The van der Waals surface area contributed by atoms with Gasteiger partial charge in [-0.2, -0.15) is 0 Å². The van der Waals surface area contributed by atoms with E-state index >= 15 is 0 Å². The predicted molar refractivity (Wildman–Crippen MR) is 253 cm³/mol. The zero-order chi connectivity index (χ0) is 53.8. The van der Waals surface area contributed by atoms with Crippen molar-refractivity contribution in [3.63, 3.8) is 0 Å². The third kappa shape index (κ3) is 9.20. The molecule has 9 rings (SSSR count). The van der Waals surface area contributed by atoms with Gasteiger partial charge in [0.1, 0.15) is 85.5 Å². The van der Waals surface area contributed by atoms with Crippen molar-refractivity contribution >= 4 is 0 Å². The summed E-state index contributed by atoms with van der Waals surface area (Å²) in [4.78, 5) is 0. The summed E-state index contributed by atoms with van der Waals surface area (Å²) < 4.78 is 48.5. The Morgan fingerprint density at radius 2 is 1.18 bits per heavy atom. The lowest BCUT2D eigenvalue weighted by atomic mass is 9.33. The van der Waals surface area contributed by atoms with Gasteiger partial charge in [0.15, 0.2) is 25.2 Å². The topological polar surface area (TPSA) is 357 Å². The quantitative estimate of drug-likeness (QED) is 0.0719. The van der Waals surface area contributed by atoms with Crippen LogP contribution in [0.25, 0.3) is 0 Å². The van der Waals surface area contributed by atoms with Crippen molar-refractivity contribution in [2.24, 2.45) is 50.2 Å². The summed E-state index contributed by atoms with van der Waals surface area (Å²) >= 11 is 0. The molecule has 5 aliphatic carbocycles. The second-order valence-electron chi connectivity index (χ2n) is 25.4.